The Kier molecular flexibility index (Phi) is 23.2. The second kappa shape index (κ2) is 23.6. The summed E-state index contributed by atoms with van der Waals surface area (Å²) in [4.78, 5) is 3.90. The molecule has 1 heteroatoms. The van der Waals surface area contributed by atoms with Gasteiger partial charge in [0, 0.05) is 18.8 Å². The summed E-state index contributed by atoms with van der Waals surface area (Å²) in [7, 11) is 0. The van der Waals surface area contributed by atoms with E-state index >= 15 is 0 Å². The van der Waals surface area contributed by atoms with Gasteiger partial charge in [0.25, 0.3) is 0 Å². The number of benzene rings is 2. The van der Waals surface area contributed by atoms with Crippen LogP contribution in [0.3, 0.4) is 0 Å². The van der Waals surface area contributed by atoms with Gasteiger partial charge in [0.15, 0.2) is 0 Å². The summed E-state index contributed by atoms with van der Waals surface area (Å²) in [6.45, 7) is 11.6. The summed E-state index contributed by atoms with van der Waals surface area (Å²) in [6, 6.07) is 22.0. The van der Waals surface area contributed by atoms with Crippen LogP contribution in [0.25, 0.3) is 6.08 Å². The van der Waals surface area contributed by atoms with Crippen molar-refractivity contribution >= 4 is 12.3 Å². The van der Waals surface area contributed by atoms with Crippen LogP contribution in [-0.2, 0) is 0 Å². The topological polar surface area (TPSA) is 12.4 Å². The highest BCUT2D eigenvalue weighted by atomic mass is 14.7. The third kappa shape index (κ3) is 19.3. The van der Waals surface area contributed by atoms with E-state index in [-0.39, 0.29) is 0 Å². The first kappa shape index (κ1) is 24.6. The minimum absolute atomic E-state index is 0.965. The Morgan fingerprint density at radius 3 is 1.68 bits per heavy atom. The van der Waals surface area contributed by atoms with Crippen molar-refractivity contribution in [1.82, 2.24) is 0 Å². The number of rotatable bonds is 1. The molecule has 2 aromatic rings. The normalized spacial score (nSPS) is 9.92. The zero-order valence-corrected chi connectivity index (χ0v) is 16.2. The van der Waals surface area contributed by atoms with Gasteiger partial charge in [0.05, 0.1) is 0 Å². The Balaban J connectivity index is 0. The summed E-state index contributed by atoms with van der Waals surface area (Å²) >= 11 is 0. The summed E-state index contributed by atoms with van der Waals surface area (Å²) < 4.78 is 0. The van der Waals surface area contributed by atoms with E-state index in [4.69, 9.17) is 0 Å². The molecule has 1 aliphatic heterocycles. The third-order valence-electron chi connectivity index (χ3n) is 2.47. The minimum Gasteiger partial charge on any atom is -0.269 e. The maximum atomic E-state index is 3.90. The molecular weight excluding hydrogens is 302 g/mol. The van der Waals surface area contributed by atoms with E-state index in [1.54, 1.807) is 6.20 Å². The number of aliphatic imine (C=N–C) groups is 1. The molecule has 0 fully saturated rings. The van der Waals surface area contributed by atoms with Crippen LogP contribution in [0.4, 0.5) is 0 Å². The van der Waals surface area contributed by atoms with Crippen molar-refractivity contribution in [2.45, 2.75) is 34.1 Å². The Labute approximate surface area is 155 Å². The number of hydrogen-bond donors (Lipinski definition) is 0. The van der Waals surface area contributed by atoms with Crippen molar-refractivity contribution in [3.05, 3.63) is 103 Å². The first-order chi connectivity index (χ1) is 12.4. The quantitative estimate of drug-likeness (QED) is 0.509. The molecule has 0 N–H and O–H groups in total. The Hall–Kier alpha value is -2.67. The molecule has 0 aliphatic carbocycles. The average molecular weight is 336 g/mol. The molecule has 0 saturated heterocycles. The number of hydrogen-bond acceptors (Lipinski definition) is 1. The van der Waals surface area contributed by atoms with Gasteiger partial charge < -0.3 is 0 Å². The summed E-state index contributed by atoms with van der Waals surface area (Å²) in [6.07, 6.45) is 12.4. The van der Waals surface area contributed by atoms with E-state index in [1.807, 2.05) is 119 Å². The largest absolute Gasteiger partial charge is 0.269 e. The highest BCUT2D eigenvalue weighted by molar-refractivity contribution is 5.61. The fraction of sp³-hybridized carbons (Fsp3) is 0.208. The fourth-order valence-electron chi connectivity index (χ4n) is 1.41. The van der Waals surface area contributed by atoms with Crippen molar-refractivity contribution in [3.8, 4) is 0 Å². The van der Waals surface area contributed by atoms with Gasteiger partial charge in [-0.25, -0.2) is 0 Å². The Bertz CT molecular complexity index is 510. The minimum atomic E-state index is 0.965. The molecule has 0 aromatic heterocycles. The first-order valence-corrected chi connectivity index (χ1v) is 8.94. The van der Waals surface area contributed by atoms with Crippen LogP contribution in [0.1, 0.15) is 39.7 Å². The molecule has 25 heavy (non-hydrogen) atoms. The molecule has 0 saturated carbocycles. The smallest absolute Gasteiger partial charge is 0.0263 e. The SMILES string of the molecule is C1=CCC=NC=C1.C=Cc1ccccc1.CC.CC.c1ccccc1. The lowest BCUT2D eigenvalue weighted by Gasteiger charge is -1.85. The summed E-state index contributed by atoms with van der Waals surface area (Å²) in [5.41, 5.74) is 1.17. The second-order valence-corrected chi connectivity index (χ2v) is 4.11. The van der Waals surface area contributed by atoms with Gasteiger partial charge in [0.2, 0.25) is 0 Å². The molecule has 2 aromatic carbocycles. The number of allylic oxidation sites excluding steroid dienone is 3. The van der Waals surface area contributed by atoms with E-state index < -0.39 is 0 Å². The van der Waals surface area contributed by atoms with Gasteiger partial charge >= 0.3 is 0 Å². The molecule has 134 valence electrons. The van der Waals surface area contributed by atoms with E-state index in [2.05, 4.69) is 17.6 Å². The molecule has 1 aliphatic rings. The molecule has 1 nitrogen and oxygen atoms in total. The van der Waals surface area contributed by atoms with Crippen LogP contribution in [0, 0.1) is 0 Å². The second-order valence-electron chi connectivity index (χ2n) is 4.11. The van der Waals surface area contributed by atoms with Crippen LogP contribution in [0.15, 0.2) is 103 Å². The zero-order chi connectivity index (χ0) is 19.0. The molecule has 0 bridgehead atoms. The lowest BCUT2D eigenvalue weighted by Crippen LogP contribution is -1.63. The van der Waals surface area contributed by atoms with Gasteiger partial charge in [-0.05, 0) is 11.6 Å². The maximum absolute atomic E-state index is 3.90. The van der Waals surface area contributed by atoms with Crippen LogP contribution < -0.4 is 0 Å². The van der Waals surface area contributed by atoms with Crippen molar-refractivity contribution in [2.75, 3.05) is 0 Å². The van der Waals surface area contributed by atoms with Crippen LogP contribution in [0.5, 0.6) is 0 Å². The summed E-state index contributed by atoms with van der Waals surface area (Å²) in [5, 5.41) is 0. The molecule has 0 spiro atoms. The van der Waals surface area contributed by atoms with Gasteiger partial charge in [-0.3, -0.25) is 4.99 Å². The monoisotopic (exact) mass is 335 g/mol. The predicted molar refractivity (Wildman–Crippen MR) is 117 cm³/mol. The standard InChI is InChI=1S/C8H8.C6H7N.C6H6.2C2H6/c1-2-8-6-4-3-5-7-8;1-2-4-6-7-5-3-1;1-2-4-6-5-3-1;2*1-2/h2-7H,1H2;1-3,5-6H,4H2;1-6H;2*1-2H3. The third-order valence-corrected chi connectivity index (χ3v) is 2.47. The predicted octanol–water partition coefficient (Wildman–Crippen LogP) is 7.60. The van der Waals surface area contributed by atoms with Gasteiger partial charge in [-0.15, -0.1) is 0 Å². The molecule has 1 heterocycles. The Morgan fingerprint density at radius 2 is 1.24 bits per heavy atom. The van der Waals surface area contributed by atoms with E-state index in [0.717, 1.165) is 6.42 Å². The molecule has 0 radical (unpaired) electrons. The average Bonchev–Trinajstić information content (AvgIpc) is 3.07. The Morgan fingerprint density at radius 1 is 0.760 bits per heavy atom. The van der Waals surface area contributed by atoms with Crippen molar-refractivity contribution in [1.29, 1.82) is 0 Å². The first-order valence-electron chi connectivity index (χ1n) is 8.94. The van der Waals surface area contributed by atoms with Gasteiger partial charge in [-0.1, -0.05) is 119 Å². The van der Waals surface area contributed by atoms with Crippen LogP contribution in [-0.4, -0.2) is 6.21 Å². The van der Waals surface area contributed by atoms with Crippen LogP contribution in [0.2, 0.25) is 0 Å². The van der Waals surface area contributed by atoms with E-state index in [0.29, 0.717) is 0 Å². The molecule has 0 amide bonds. The molecule has 0 unspecified atom stereocenters. The lowest BCUT2D eigenvalue weighted by atomic mass is 10.2. The van der Waals surface area contributed by atoms with Gasteiger partial charge in [0.1, 0.15) is 0 Å². The molecular formula is C24H33N. The zero-order valence-electron chi connectivity index (χ0n) is 16.2. The highest BCUT2D eigenvalue weighted by Crippen LogP contribution is 1.97. The molecule has 0 atom stereocenters. The van der Waals surface area contributed by atoms with Crippen molar-refractivity contribution in [3.63, 3.8) is 0 Å². The lowest BCUT2D eigenvalue weighted by molar-refractivity contribution is 1.50. The van der Waals surface area contributed by atoms with Crippen molar-refractivity contribution in [2.24, 2.45) is 4.99 Å². The van der Waals surface area contributed by atoms with Crippen molar-refractivity contribution < 1.29 is 0 Å². The van der Waals surface area contributed by atoms with E-state index in [9.17, 15) is 0 Å². The van der Waals surface area contributed by atoms with E-state index in [1.165, 1.54) is 5.56 Å². The maximum Gasteiger partial charge on any atom is 0.0263 e. The fourth-order valence-corrected chi connectivity index (χ4v) is 1.41. The highest BCUT2D eigenvalue weighted by Gasteiger charge is 1.75. The summed E-state index contributed by atoms with van der Waals surface area (Å²) in [5.74, 6) is 0. The van der Waals surface area contributed by atoms with Crippen LogP contribution >= 0.6 is 0 Å². The molecule has 3 rings (SSSR count). The number of nitrogens with zero attached hydrogens (tertiary/aromatic N) is 1. The van der Waals surface area contributed by atoms with Gasteiger partial charge in [-0.2, -0.15) is 0 Å².